The maximum absolute atomic E-state index is 12.4. The summed E-state index contributed by atoms with van der Waals surface area (Å²) in [5.74, 6) is -0.645. The van der Waals surface area contributed by atoms with Gasteiger partial charge in [-0.25, -0.2) is 18.2 Å². The summed E-state index contributed by atoms with van der Waals surface area (Å²) in [6.45, 7) is 0. The molecule has 0 fully saturated rings. The summed E-state index contributed by atoms with van der Waals surface area (Å²) in [5.41, 5.74) is 2.01. The molecule has 1 amide bonds. The molecule has 0 saturated heterocycles. The fourth-order valence-electron chi connectivity index (χ4n) is 2.24. The highest BCUT2D eigenvalue weighted by Gasteiger charge is 2.10. The molecule has 2 aromatic carbocycles. The van der Waals surface area contributed by atoms with Crippen molar-refractivity contribution in [1.82, 2.24) is 20.2 Å². The Hall–Kier alpha value is -3.11. The number of anilines is 1. The Morgan fingerprint density at radius 2 is 1.96 bits per heavy atom. The quantitative estimate of drug-likeness (QED) is 0.690. The number of tetrazole rings is 1. The lowest BCUT2D eigenvalue weighted by Gasteiger charge is -2.08. The smallest absolute Gasteiger partial charge is 0.255 e. The second-order valence-electron chi connectivity index (χ2n) is 5.27. The zero-order valence-electron chi connectivity index (χ0n) is 12.9. The SMILES string of the molecule is NS(=O)(=O)Cc1cccc(NC(=O)c2cccc(-n3cnnn3)c2)c1. The Labute approximate surface area is 143 Å². The molecule has 9 nitrogen and oxygen atoms in total. The minimum atomic E-state index is -3.64. The van der Waals surface area contributed by atoms with Crippen LogP contribution in [-0.4, -0.2) is 34.5 Å². The molecule has 3 aromatic rings. The fraction of sp³-hybridized carbons (Fsp3) is 0.0667. The lowest BCUT2D eigenvalue weighted by atomic mass is 10.1. The molecule has 25 heavy (non-hydrogen) atoms. The van der Waals surface area contributed by atoms with Crippen LogP contribution >= 0.6 is 0 Å². The van der Waals surface area contributed by atoms with E-state index in [0.717, 1.165) is 0 Å². The van der Waals surface area contributed by atoms with E-state index >= 15 is 0 Å². The maximum atomic E-state index is 12.4. The molecular formula is C15H14N6O3S. The molecule has 0 radical (unpaired) electrons. The second kappa shape index (κ2) is 6.79. The third-order valence-electron chi connectivity index (χ3n) is 3.27. The molecule has 3 rings (SSSR count). The van der Waals surface area contributed by atoms with Gasteiger partial charge in [0.05, 0.1) is 11.4 Å². The number of amides is 1. The van der Waals surface area contributed by atoms with Crippen LogP contribution in [0.4, 0.5) is 5.69 Å². The molecule has 128 valence electrons. The topological polar surface area (TPSA) is 133 Å². The zero-order chi connectivity index (χ0) is 17.9. The molecule has 10 heteroatoms. The van der Waals surface area contributed by atoms with Crippen LogP contribution < -0.4 is 10.5 Å². The minimum absolute atomic E-state index is 0.300. The molecule has 3 N–H and O–H groups in total. The lowest BCUT2D eigenvalue weighted by Crippen LogP contribution is -2.15. The van der Waals surface area contributed by atoms with Gasteiger partial charge < -0.3 is 5.32 Å². The van der Waals surface area contributed by atoms with E-state index in [1.807, 2.05) is 0 Å². The highest BCUT2D eigenvalue weighted by molar-refractivity contribution is 7.88. The van der Waals surface area contributed by atoms with Crippen LogP contribution in [0.3, 0.4) is 0 Å². The number of benzene rings is 2. The first-order valence-corrected chi connectivity index (χ1v) is 8.86. The first-order valence-electron chi connectivity index (χ1n) is 7.15. The van der Waals surface area contributed by atoms with Crippen LogP contribution in [0.25, 0.3) is 5.69 Å². The molecular weight excluding hydrogens is 344 g/mol. The molecule has 0 aliphatic carbocycles. The average molecular weight is 358 g/mol. The Balaban J connectivity index is 1.79. The molecule has 0 atom stereocenters. The van der Waals surface area contributed by atoms with E-state index in [1.165, 1.54) is 11.0 Å². The zero-order valence-corrected chi connectivity index (χ0v) is 13.7. The van der Waals surface area contributed by atoms with E-state index in [0.29, 0.717) is 22.5 Å². The molecule has 0 spiro atoms. The summed E-state index contributed by atoms with van der Waals surface area (Å²) >= 11 is 0. The Kier molecular flexibility index (Phi) is 4.55. The van der Waals surface area contributed by atoms with Gasteiger partial charge in [0, 0.05) is 11.3 Å². The summed E-state index contributed by atoms with van der Waals surface area (Å²) in [4.78, 5) is 12.4. The van der Waals surface area contributed by atoms with Crippen molar-refractivity contribution >= 4 is 21.6 Å². The lowest BCUT2D eigenvalue weighted by molar-refractivity contribution is 0.102. The van der Waals surface area contributed by atoms with E-state index in [4.69, 9.17) is 5.14 Å². The highest BCUT2D eigenvalue weighted by Crippen LogP contribution is 2.15. The van der Waals surface area contributed by atoms with Crippen molar-refractivity contribution in [2.45, 2.75) is 5.75 Å². The van der Waals surface area contributed by atoms with Gasteiger partial charge in [-0.2, -0.15) is 0 Å². The van der Waals surface area contributed by atoms with Crippen LogP contribution in [-0.2, 0) is 15.8 Å². The van der Waals surface area contributed by atoms with E-state index in [1.54, 1.807) is 48.5 Å². The Morgan fingerprint density at radius 1 is 1.16 bits per heavy atom. The second-order valence-corrected chi connectivity index (χ2v) is 6.88. The number of sulfonamides is 1. The number of hydrogen-bond acceptors (Lipinski definition) is 6. The van der Waals surface area contributed by atoms with Gasteiger partial charge in [0.2, 0.25) is 10.0 Å². The van der Waals surface area contributed by atoms with Gasteiger partial charge >= 0.3 is 0 Å². The van der Waals surface area contributed by atoms with E-state index < -0.39 is 10.0 Å². The van der Waals surface area contributed by atoms with Crippen molar-refractivity contribution in [3.05, 3.63) is 66.0 Å². The van der Waals surface area contributed by atoms with Crippen LogP contribution in [0.15, 0.2) is 54.9 Å². The van der Waals surface area contributed by atoms with Crippen molar-refractivity contribution in [3.63, 3.8) is 0 Å². The number of carbonyl (C=O) groups excluding carboxylic acids is 1. The van der Waals surface area contributed by atoms with Gasteiger partial charge in [0.1, 0.15) is 6.33 Å². The summed E-state index contributed by atoms with van der Waals surface area (Å²) in [6, 6.07) is 13.3. The number of nitrogens with zero attached hydrogens (tertiary/aromatic N) is 4. The van der Waals surface area contributed by atoms with Gasteiger partial charge in [-0.15, -0.1) is 5.10 Å². The predicted molar refractivity (Wildman–Crippen MR) is 90.4 cm³/mol. The van der Waals surface area contributed by atoms with Crippen LogP contribution in [0.1, 0.15) is 15.9 Å². The monoisotopic (exact) mass is 358 g/mol. The predicted octanol–water partition coefficient (Wildman–Crippen LogP) is 0.703. The van der Waals surface area contributed by atoms with Crippen LogP contribution in [0.5, 0.6) is 0 Å². The summed E-state index contributed by atoms with van der Waals surface area (Å²) in [6.07, 6.45) is 1.42. The average Bonchev–Trinajstić information content (AvgIpc) is 3.08. The number of aromatic nitrogens is 4. The van der Waals surface area contributed by atoms with Gasteiger partial charge in [-0.1, -0.05) is 18.2 Å². The van der Waals surface area contributed by atoms with Crippen molar-refractivity contribution in [2.75, 3.05) is 5.32 Å². The molecule has 1 aromatic heterocycles. The number of primary sulfonamides is 1. The van der Waals surface area contributed by atoms with Crippen molar-refractivity contribution in [1.29, 1.82) is 0 Å². The third kappa shape index (κ3) is 4.46. The van der Waals surface area contributed by atoms with Crippen LogP contribution in [0.2, 0.25) is 0 Å². The van der Waals surface area contributed by atoms with Crippen molar-refractivity contribution in [3.8, 4) is 5.69 Å². The first kappa shape index (κ1) is 16.7. The molecule has 0 bridgehead atoms. The summed E-state index contributed by atoms with van der Waals surface area (Å²) in [7, 11) is -3.64. The van der Waals surface area contributed by atoms with E-state index in [-0.39, 0.29) is 11.7 Å². The highest BCUT2D eigenvalue weighted by atomic mass is 32.2. The molecule has 1 heterocycles. The maximum Gasteiger partial charge on any atom is 0.255 e. The van der Waals surface area contributed by atoms with Crippen molar-refractivity contribution in [2.24, 2.45) is 5.14 Å². The number of nitrogens with two attached hydrogens (primary N) is 1. The number of hydrogen-bond donors (Lipinski definition) is 2. The van der Waals surface area contributed by atoms with E-state index in [2.05, 4.69) is 20.8 Å². The molecule has 0 aliphatic rings. The molecule has 0 saturated carbocycles. The summed E-state index contributed by atoms with van der Waals surface area (Å²) in [5, 5.41) is 18.6. The number of carbonyl (C=O) groups is 1. The van der Waals surface area contributed by atoms with E-state index in [9.17, 15) is 13.2 Å². The van der Waals surface area contributed by atoms with Gasteiger partial charge in [-0.3, -0.25) is 4.79 Å². The van der Waals surface area contributed by atoms with Crippen molar-refractivity contribution < 1.29 is 13.2 Å². The minimum Gasteiger partial charge on any atom is -0.322 e. The fourth-order valence-corrected chi connectivity index (χ4v) is 2.89. The Bertz CT molecular complexity index is 1000. The summed E-state index contributed by atoms with van der Waals surface area (Å²) < 4.78 is 23.8. The standard InChI is InChI=1S/C15H14N6O3S/c16-25(23,24)9-11-3-1-5-13(7-11)18-15(22)12-4-2-6-14(8-12)21-10-17-19-20-21/h1-8,10H,9H2,(H,18,22)(H2,16,23,24). The normalized spacial score (nSPS) is 11.2. The number of nitrogens with one attached hydrogen (secondary N) is 1. The van der Waals surface area contributed by atoms with Gasteiger partial charge in [0.15, 0.2) is 0 Å². The third-order valence-corrected chi connectivity index (χ3v) is 4.01. The Morgan fingerprint density at radius 3 is 2.68 bits per heavy atom. The largest absolute Gasteiger partial charge is 0.322 e. The van der Waals surface area contributed by atoms with Crippen LogP contribution in [0, 0.1) is 0 Å². The molecule has 0 aliphatic heterocycles. The molecule has 0 unspecified atom stereocenters. The van der Waals surface area contributed by atoms with Gasteiger partial charge in [0.25, 0.3) is 5.91 Å². The van der Waals surface area contributed by atoms with Gasteiger partial charge in [-0.05, 0) is 46.3 Å². The number of rotatable bonds is 5. The first-order chi connectivity index (χ1) is 11.9.